The predicted octanol–water partition coefficient (Wildman–Crippen LogP) is 2.40. The van der Waals surface area contributed by atoms with Crippen LogP contribution >= 0.6 is 0 Å². The smallest absolute Gasteiger partial charge is 0.343 e. The second-order valence-corrected chi connectivity index (χ2v) is 9.84. The number of carbonyl (C=O) groups is 1. The fourth-order valence-corrected chi connectivity index (χ4v) is 6.31. The minimum absolute atomic E-state index is 0.0684. The van der Waals surface area contributed by atoms with Gasteiger partial charge in [-0.2, -0.15) is 0 Å². The van der Waals surface area contributed by atoms with Gasteiger partial charge in [0.2, 0.25) is 0 Å². The lowest BCUT2D eigenvalue weighted by Crippen LogP contribution is -2.63. The number of benzene rings is 1. The summed E-state index contributed by atoms with van der Waals surface area (Å²) in [5, 5.41) is 11.8. The molecule has 0 radical (unpaired) electrons. The summed E-state index contributed by atoms with van der Waals surface area (Å²) in [6.45, 7) is 6.49. The minimum atomic E-state index is -1.55. The second kappa shape index (κ2) is 9.18. The topological polar surface area (TPSA) is 62.2 Å². The maximum atomic E-state index is 13.7. The van der Waals surface area contributed by atoms with Crippen molar-refractivity contribution in [3.8, 4) is 0 Å². The molecule has 0 spiro atoms. The molecule has 6 nitrogen and oxygen atoms in total. The number of piperidine rings is 3. The Morgan fingerprint density at radius 1 is 1.03 bits per heavy atom. The highest BCUT2D eigenvalue weighted by Crippen LogP contribution is 2.43. The zero-order valence-electron chi connectivity index (χ0n) is 18.5. The number of hydrogen-bond donors (Lipinski definition) is 1. The molecule has 31 heavy (non-hydrogen) atoms. The van der Waals surface area contributed by atoms with Gasteiger partial charge in [-0.1, -0.05) is 43.2 Å². The summed E-state index contributed by atoms with van der Waals surface area (Å²) in [5.74, 6) is -0.110. The van der Waals surface area contributed by atoms with E-state index in [1.807, 2.05) is 30.3 Å². The Labute approximate surface area is 185 Å². The van der Waals surface area contributed by atoms with E-state index in [9.17, 15) is 9.90 Å². The van der Waals surface area contributed by atoms with Crippen LogP contribution in [0.1, 0.15) is 44.1 Å². The third kappa shape index (κ3) is 4.15. The van der Waals surface area contributed by atoms with Crippen LogP contribution in [0.15, 0.2) is 30.3 Å². The molecule has 170 valence electrons. The molecule has 6 heteroatoms. The Morgan fingerprint density at radius 3 is 2.39 bits per heavy atom. The average Bonchev–Trinajstić information content (AvgIpc) is 3.37. The standard InChI is InChI=1S/C25H36N2O4/c28-24(25(29,21-8-4-5-9-21)20-6-2-1-3-7-20)31-23-19-10-12-27(13-11-19)22(23)18-26-14-16-30-17-15-26/h1-3,6-7,19,21-23,29H,4-5,8-18H2/t22-,23-,25+/m1/s1. The fourth-order valence-electron chi connectivity index (χ4n) is 6.31. The molecule has 0 amide bonds. The van der Waals surface area contributed by atoms with Gasteiger partial charge < -0.3 is 14.6 Å². The lowest BCUT2D eigenvalue weighted by atomic mass is 9.78. The first-order chi connectivity index (χ1) is 15.2. The van der Waals surface area contributed by atoms with Crippen molar-refractivity contribution in [2.45, 2.75) is 56.3 Å². The highest BCUT2D eigenvalue weighted by molar-refractivity contribution is 5.82. The second-order valence-electron chi connectivity index (χ2n) is 9.84. The number of hydrogen-bond acceptors (Lipinski definition) is 6. The van der Waals surface area contributed by atoms with Crippen LogP contribution in [0.5, 0.6) is 0 Å². The van der Waals surface area contributed by atoms with Crippen LogP contribution in [0.2, 0.25) is 0 Å². The Balaban J connectivity index is 1.38. The Hall–Kier alpha value is -1.47. The molecule has 4 heterocycles. The summed E-state index contributed by atoms with van der Waals surface area (Å²) in [5.41, 5.74) is -0.870. The maximum absolute atomic E-state index is 13.7. The van der Waals surface area contributed by atoms with Gasteiger partial charge in [0.25, 0.3) is 0 Å². The molecule has 4 saturated heterocycles. The molecule has 1 aliphatic carbocycles. The molecule has 2 bridgehead atoms. The fraction of sp³-hybridized carbons (Fsp3) is 0.720. The summed E-state index contributed by atoms with van der Waals surface area (Å²) in [7, 11) is 0. The van der Waals surface area contributed by atoms with Crippen molar-refractivity contribution in [1.29, 1.82) is 0 Å². The van der Waals surface area contributed by atoms with Crippen LogP contribution in [0.3, 0.4) is 0 Å². The van der Waals surface area contributed by atoms with Crippen molar-refractivity contribution < 1.29 is 19.4 Å². The number of ether oxygens (including phenoxy) is 2. The molecular formula is C25H36N2O4. The maximum Gasteiger partial charge on any atom is 0.343 e. The van der Waals surface area contributed by atoms with Crippen molar-refractivity contribution in [3.63, 3.8) is 0 Å². The molecular weight excluding hydrogens is 392 g/mol. The summed E-state index contributed by atoms with van der Waals surface area (Å²) in [4.78, 5) is 18.7. The van der Waals surface area contributed by atoms with Gasteiger partial charge in [0, 0.05) is 25.6 Å². The van der Waals surface area contributed by atoms with Gasteiger partial charge >= 0.3 is 5.97 Å². The number of morpholine rings is 1. The largest absolute Gasteiger partial charge is 0.458 e. The molecule has 5 fully saturated rings. The monoisotopic (exact) mass is 428 g/mol. The highest BCUT2D eigenvalue weighted by Gasteiger charge is 2.51. The van der Waals surface area contributed by atoms with Crippen LogP contribution in [-0.2, 0) is 19.9 Å². The Kier molecular flexibility index (Phi) is 6.33. The third-order valence-electron chi connectivity index (χ3n) is 8.15. The van der Waals surface area contributed by atoms with E-state index in [0.717, 1.165) is 84.5 Å². The zero-order valence-corrected chi connectivity index (χ0v) is 18.5. The van der Waals surface area contributed by atoms with Gasteiger partial charge in [-0.15, -0.1) is 0 Å². The zero-order chi connectivity index (χ0) is 21.3. The predicted molar refractivity (Wildman–Crippen MR) is 118 cm³/mol. The van der Waals surface area contributed by atoms with Crippen LogP contribution in [-0.4, -0.2) is 79.0 Å². The molecule has 1 aromatic carbocycles. The van der Waals surface area contributed by atoms with Crippen molar-refractivity contribution in [1.82, 2.24) is 9.80 Å². The van der Waals surface area contributed by atoms with Crippen LogP contribution < -0.4 is 0 Å². The van der Waals surface area contributed by atoms with E-state index in [2.05, 4.69) is 9.80 Å². The normalized spacial score (nSPS) is 33.8. The molecule has 1 aromatic rings. The average molecular weight is 429 g/mol. The number of carbonyl (C=O) groups excluding carboxylic acids is 1. The van der Waals surface area contributed by atoms with E-state index in [4.69, 9.17) is 9.47 Å². The van der Waals surface area contributed by atoms with E-state index in [-0.39, 0.29) is 18.1 Å². The number of rotatable bonds is 6. The first-order valence-corrected chi connectivity index (χ1v) is 12.2. The van der Waals surface area contributed by atoms with E-state index in [1.54, 1.807) is 0 Å². The van der Waals surface area contributed by atoms with Gasteiger partial charge in [-0.05, 0) is 50.3 Å². The van der Waals surface area contributed by atoms with Gasteiger partial charge in [0.1, 0.15) is 6.10 Å². The number of nitrogens with zero attached hydrogens (tertiary/aromatic N) is 2. The van der Waals surface area contributed by atoms with Crippen LogP contribution in [0, 0.1) is 11.8 Å². The highest BCUT2D eigenvalue weighted by atomic mass is 16.6. The number of fused-ring (bicyclic) bond motifs is 3. The molecule has 1 saturated carbocycles. The third-order valence-corrected chi connectivity index (χ3v) is 8.15. The summed E-state index contributed by atoms with van der Waals surface area (Å²) in [6, 6.07) is 9.69. The van der Waals surface area contributed by atoms with Crippen LogP contribution in [0.25, 0.3) is 0 Å². The first kappa shape index (κ1) is 21.4. The van der Waals surface area contributed by atoms with Crippen molar-refractivity contribution in [2.24, 2.45) is 11.8 Å². The summed E-state index contributed by atoms with van der Waals surface area (Å²) >= 11 is 0. The molecule has 6 rings (SSSR count). The molecule has 1 N–H and O–H groups in total. The molecule has 0 aromatic heterocycles. The number of esters is 1. The number of aliphatic hydroxyl groups is 1. The van der Waals surface area contributed by atoms with Crippen molar-refractivity contribution in [3.05, 3.63) is 35.9 Å². The van der Waals surface area contributed by atoms with Gasteiger partial charge in [0.05, 0.1) is 19.3 Å². The first-order valence-electron chi connectivity index (χ1n) is 12.2. The van der Waals surface area contributed by atoms with Gasteiger partial charge in [-0.25, -0.2) is 4.79 Å². The van der Waals surface area contributed by atoms with Gasteiger partial charge in [-0.3, -0.25) is 9.80 Å². The van der Waals surface area contributed by atoms with E-state index in [1.165, 1.54) is 0 Å². The lowest BCUT2D eigenvalue weighted by Gasteiger charge is -2.52. The van der Waals surface area contributed by atoms with Crippen molar-refractivity contribution in [2.75, 3.05) is 45.9 Å². The van der Waals surface area contributed by atoms with E-state index in [0.29, 0.717) is 11.5 Å². The van der Waals surface area contributed by atoms with Crippen LogP contribution in [0.4, 0.5) is 0 Å². The Morgan fingerprint density at radius 2 is 1.71 bits per heavy atom. The van der Waals surface area contributed by atoms with Crippen molar-refractivity contribution >= 4 is 5.97 Å². The van der Waals surface area contributed by atoms with E-state index < -0.39 is 11.6 Å². The Bertz CT molecular complexity index is 739. The molecule has 3 atom stereocenters. The van der Waals surface area contributed by atoms with E-state index >= 15 is 0 Å². The SMILES string of the molecule is O=C(O[C@@H]1C2CCN(CC2)[C@@H]1CN1CCOCC1)[C@](O)(c1ccccc1)C1CCCC1. The quantitative estimate of drug-likeness (QED) is 0.702. The summed E-state index contributed by atoms with van der Waals surface area (Å²) < 4.78 is 11.8. The minimum Gasteiger partial charge on any atom is -0.458 e. The molecule has 4 aliphatic heterocycles. The lowest BCUT2D eigenvalue weighted by molar-refractivity contribution is -0.195. The summed E-state index contributed by atoms with van der Waals surface area (Å²) in [6.07, 6.45) is 5.87. The molecule has 5 aliphatic rings. The van der Waals surface area contributed by atoms with Gasteiger partial charge in [0.15, 0.2) is 5.60 Å². The molecule has 0 unspecified atom stereocenters.